The SMILES string of the molecule is C[C@@H]1[C@H]2CCCC[C@H]2CN(C(=O)OC(C)(C)C)[C@@H]1c1cn(Cc2ccccc2)c2ccc(F)cc12. The summed E-state index contributed by atoms with van der Waals surface area (Å²) in [6.45, 7) is 9.43. The Morgan fingerprint density at radius 2 is 1.83 bits per heavy atom. The lowest BCUT2D eigenvalue weighted by atomic mass is 9.66. The molecule has 0 unspecified atom stereocenters. The van der Waals surface area contributed by atoms with Crippen molar-refractivity contribution in [3.8, 4) is 0 Å². The van der Waals surface area contributed by atoms with Crippen molar-refractivity contribution in [1.82, 2.24) is 9.47 Å². The molecule has 1 amide bonds. The first-order valence-electron chi connectivity index (χ1n) is 13.0. The van der Waals surface area contributed by atoms with Crippen LogP contribution in [-0.4, -0.2) is 27.7 Å². The van der Waals surface area contributed by atoms with Gasteiger partial charge in [0.15, 0.2) is 0 Å². The average molecular weight is 477 g/mol. The Balaban J connectivity index is 1.61. The lowest BCUT2D eigenvalue weighted by molar-refractivity contribution is -0.0356. The van der Waals surface area contributed by atoms with Crippen molar-refractivity contribution in [2.75, 3.05) is 6.54 Å². The zero-order valence-electron chi connectivity index (χ0n) is 21.3. The van der Waals surface area contributed by atoms with Crippen molar-refractivity contribution in [1.29, 1.82) is 0 Å². The number of likely N-dealkylation sites (tertiary alicyclic amines) is 1. The van der Waals surface area contributed by atoms with Crippen molar-refractivity contribution < 1.29 is 13.9 Å². The predicted molar refractivity (Wildman–Crippen MR) is 138 cm³/mol. The van der Waals surface area contributed by atoms with Gasteiger partial charge in [-0.2, -0.15) is 0 Å². The Kier molecular flexibility index (Phi) is 6.37. The smallest absolute Gasteiger partial charge is 0.410 e. The molecule has 35 heavy (non-hydrogen) atoms. The van der Waals surface area contributed by atoms with Crippen molar-refractivity contribution in [3.63, 3.8) is 0 Å². The number of amides is 1. The van der Waals surface area contributed by atoms with E-state index in [0.29, 0.717) is 24.9 Å². The van der Waals surface area contributed by atoms with E-state index in [1.165, 1.54) is 30.9 Å². The molecule has 0 bridgehead atoms. The van der Waals surface area contributed by atoms with Gasteiger partial charge in [0.05, 0.1) is 6.04 Å². The van der Waals surface area contributed by atoms with E-state index in [4.69, 9.17) is 4.74 Å². The maximum absolute atomic E-state index is 14.5. The molecule has 186 valence electrons. The van der Waals surface area contributed by atoms with Crippen LogP contribution in [0.2, 0.25) is 0 Å². The van der Waals surface area contributed by atoms with E-state index in [9.17, 15) is 9.18 Å². The maximum atomic E-state index is 14.5. The fraction of sp³-hybridized carbons (Fsp3) is 0.500. The molecule has 0 radical (unpaired) electrons. The number of nitrogens with zero attached hydrogens (tertiary/aromatic N) is 2. The number of fused-ring (bicyclic) bond motifs is 2. The highest BCUT2D eigenvalue weighted by atomic mass is 19.1. The molecule has 5 heteroatoms. The van der Waals surface area contributed by atoms with Crippen molar-refractivity contribution in [2.24, 2.45) is 17.8 Å². The second-order valence-corrected chi connectivity index (χ2v) is 11.5. The summed E-state index contributed by atoms with van der Waals surface area (Å²) in [5.41, 5.74) is 2.64. The molecule has 1 aliphatic heterocycles. The molecule has 1 aliphatic carbocycles. The Labute approximate surface area is 208 Å². The molecular weight excluding hydrogens is 439 g/mol. The fourth-order valence-electron chi connectivity index (χ4n) is 6.44. The molecule has 1 aromatic heterocycles. The van der Waals surface area contributed by atoms with Crippen LogP contribution in [0.5, 0.6) is 0 Å². The molecule has 2 heterocycles. The van der Waals surface area contributed by atoms with E-state index >= 15 is 0 Å². The number of piperidine rings is 1. The summed E-state index contributed by atoms with van der Waals surface area (Å²) in [5, 5.41) is 0.889. The standard InChI is InChI=1S/C30H37FN2O2/c1-20-24-13-9-8-12-22(24)18-33(29(34)35-30(2,3)4)28(20)26-19-32(17-21-10-6-5-7-11-21)27-15-14-23(31)16-25(26)27/h5-7,10-11,14-16,19-20,22,24,28H,8-9,12-13,17-18H2,1-4H3/t20-,22+,24-,28+/m1/s1. The minimum absolute atomic E-state index is 0.148. The Bertz CT molecular complexity index is 1200. The molecule has 5 rings (SSSR count). The van der Waals surface area contributed by atoms with E-state index in [0.717, 1.165) is 22.9 Å². The Hall–Kier alpha value is -2.82. The van der Waals surface area contributed by atoms with Crippen LogP contribution in [0, 0.1) is 23.6 Å². The van der Waals surface area contributed by atoms with Gasteiger partial charge >= 0.3 is 6.09 Å². The molecule has 2 aliphatic rings. The van der Waals surface area contributed by atoms with Crippen LogP contribution in [0.25, 0.3) is 10.9 Å². The van der Waals surface area contributed by atoms with Crippen LogP contribution in [0.15, 0.2) is 54.7 Å². The van der Waals surface area contributed by atoms with Gasteiger partial charge in [-0.15, -0.1) is 0 Å². The summed E-state index contributed by atoms with van der Waals surface area (Å²) < 4.78 is 22.7. The Morgan fingerprint density at radius 3 is 2.57 bits per heavy atom. The largest absolute Gasteiger partial charge is 0.444 e. The summed E-state index contributed by atoms with van der Waals surface area (Å²) in [4.78, 5) is 15.5. The zero-order valence-corrected chi connectivity index (χ0v) is 21.3. The molecule has 1 saturated carbocycles. The van der Waals surface area contributed by atoms with Crippen LogP contribution in [0.3, 0.4) is 0 Å². The van der Waals surface area contributed by atoms with Crippen LogP contribution in [0.1, 0.15) is 70.5 Å². The van der Waals surface area contributed by atoms with Crippen LogP contribution in [0.4, 0.5) is 9.18 Å². The molecule has 4 nitrogen and oxygen atoms in total. The summed E-state index contributed by atoms with van der Waals surface area (Å²) in [5.74, 6) is 1.07. The van der Waals surface area contributed by atoms with Gasteiger partial charge in [-0.05, 0) is 75.1 Å². The van der Waals surface area contributed by atoms with Gasteiger partial charge in [0.1, 0.15) is 11.4 Å². The number of ether oxygens (including phenoxy) is 1. The molecule has 0 spiro atoms. The Morgan fingerprint density at radius 1 is 1.09 bits per heavy atom. The monoisotopic (exact) mass is 476 g/mol. The molecular formula is C30H37FN2O2. The van der Waals surface area contributed by atoms with Gasteiger partial charge in [0.25, 0.3) is 0 Å². The molecule has 1 saturated heterocycles. The lowest BCUT2D eigenvalue weighted by Gasteiger charge is -2.50. The van der Waals surface area contributed by atoms with Gasteiger partial charge < -0.3 is 14.2 Å². The third kappa shape index (κ3) is 4.82. The highest BCUT2D eigenvalue weighted by Crippen LogP contribution is 2.49. The number of hydrogen-bond acceptors (Lipinski definition) is 2. The quantitative estimate of drug-likeness (QED) is 0.391. The van der Waals surface area contributed by atoms with Crippen LogP contribution in [-0.2, 0) is 11.3 Å². The molecule has 0 N–H and O–H groups in total. The number of halogens is 1. The molecule has 2 fully saturated rings. The first-order chi connectivity index (χ1) is 16.7. The zero-order chi connectivity index (χ0) is 24.7. The minimum atomic E-state index is -0.568. The molecule has 3 aromatic rings. The number of hydrogen-bond donors (Lipinski definition) is 0. The van der Waals surface area contributed by atoms with E-state index in [-0.39, 0.29) is 23.9 Å². The molecule has 2 aromatic carbocycles. The second-order valence-electron chi connectivity index (χ2n) is 11.5. The van der Waals surface area contributed by atoms with Crippen LogP contribution < -0.4 is 0 Å². The topological polar surface area (TPSA) is 34.5 Å². The number of benzene rings is 2. The van der Waals surface area contributed by atoms with Crippen molar-refractivity contribution in [2.45, 2.75) is 71.6 Å². The summed E-state index contributed by atoms with van der Waals surface area (Å²) in [6.07, 6.45) is 6.71. The third-order valence-electron chi connectivity index (χ3n) is 7.92. The summed E-state index contributed by atoms with van der Waals surface area (Å²) in [6, 6.07) is 15.2. The van der Waals surface area contributed by atoms with Crippen molar-refractivity contribution in [3.05, 3.63) is 71.7 Å². The summed E-state index contributed by atoms with van der Waals surface area (Å²) in [7, 11) is 0. The normalized spacial score (nSPS) is 24.9. The highest BCUT2D eigenvalue weighted by molar-refractivity contribution is 5.85. The van der Waals surface area contributed by atoms with E-state index in [1.807, 2.05) is 49.9 Å². The average Bonchev–Trinajstić information content (AvgIpc) is 3.15. The van der Waals surface area contributed by atoms with Crippen molar-refractivity contribution >= 4 is 17.0 Å². The lowest BCUT2D eigenvalue weighted by Crippen LogP contribution is -2.52. The number of carbonyl (C=O) groups is 1. The summed E-state index contributed by atoms with van der Waals surface area (Å²) >= 11 is 0. The van der Waals surface area contributed by atoms with Gasteiger partial charge in [-0.25, -0.2) is 9.18 Å². The maximum Gasteiger partial charge on any atom is 0.410 e. The van der Waals surface area contributed by atoms with E-state index < -0.39 is 5.60 Å². The predicted octanol–water partition coefficient (Wildman–Crippen LogP) is 7.56. The first kappa shape index (κ1) is 23.9. The number of rotatable bonds is 3. The van der Waals surface area contributed by atoms with Gasteiger partial charge in [0.2, 0.25) is 0 Å². The van der Waals surface area contributed by atoms with Gasteiger partial charge in [-0.1, -0.05) is 50.1 Å². The van der Waals surface area contributed by atoms with Gasteiger partial charge in [0, 0.05) is 35.8 Å². The highest BCUT2D eigenvalue weighted by Gasteiger charge is 2.46. The fourth-order valence-corrected chi connectivity index (χ4v) is 6.44. The van der Waals surface area contributed by atoms with E-state index in [1.54, 1.807) is 6.07 Å². The minimum Gasteiger partial charge on any atom is -0.444 e. The third-order valence-corrected chi connectivity index (χ3v) is 7.92. The van der Waals surface area contributed by atoms with Gasteiger partial charge in [-0.3, -0.25) is 0 Å². The molecule has 4 atom stereocenters. The number of aromatic nitrogens is 1. The van der Waals surface area contributed by atoms with E-state index in [2.05, 4.69) is 29.8 Å². The second kappa shape index (κ2) is 9.33. The number of carbonyl (C=O) groups excluding carboxylic acids is 1. The first-order valence-corrected chi connectivity index (χ1v) is 13.0. The van der Waals surface area contributed by atoms with Crippen LogP contribution >= 0.6 is 0 Å².